The van der Waals surface area contributed by atoms with Gasteiger partial charge in [-0.25, -0.2) is 4.79 Å². The van der Waals surface area contributed by atoms with E-state index in [0.29, 0.717) is 15.7 Å². The van der Waals surface area contributed by atoms with Crippen molar-refractivity contribution in [2.24, 2.45) is 0 Å². The Kier molecular flexibility index (Phi) is 3.71. The van der Waals surface area contributed by atoms with Crippen molar-refractivity contribution in [1.29, 1.82) is 5.26 Å². The van der Waals surface area contributed by atoms with Crippen LogP contribution in [0.5, 0.6) is 0 Å². The quantitative estimate of drug-likeness (QED) is 0.865. The minimum Gasteiger partial charge on any atom is -0.456 e. The number of esters is 1. The molecule has 0 aliphatic carbocycles. The molecule has 0 radical (unpaired) electrons. The summed E-state index contributed by atoms with van der Waals surface area (Å²) in [4.78, 5) is 10.8. The largest absolute Gasteiger partial charge is 0.456 e. The molecule has 4 nitrogen and oxygen atoms in total. The Morgan fingerprint density at radius 2 is 2.32 bits per heavy atom. The zero-order chi connectivity index (χ0) is 14.0. The van der Waals surface area contributed by atoms with Gasteiger partial charge in [-0.1, -0.05) is 0 Å². The van der Waals surface area contributed by atoms with Crippen LogP contribution in [0, 0.1) is 11.3 Å². The average Bonchev–Trinajstić information content (AvgIpc) is 2.61. The van der Waals surface area contributed by atoms with Crippen molar-refractivity contribution < 1.29 is 18.3 Å². The number of cyclic esters (lactones) is 1. The van der Waals surface area contributed by atoms with Crippen molar-refractivity contribution >= 4 is 27.6 Å². The Bertz CT molecular complexity index is 557. The van der Waals surface area contributed by atoms with Crippen molar-refractivity contribution in [3.05, 3.63) is 28.2 Å². The van der Waals surface area contributed by atoms with Crippen LogP contribution in [0.4, 0.5) is 14.5 Å². The summed E-state index contributed by atoms with van der Waals surface area (Å²) < 4.78 is 31.1. The summed E-state index contributed by atoms with van der Waals surface area (Å²) in [6.45, 7) is 0.0891. The summed E-state index contributed by atoms with van der Waals surface area (Å²) in [5.41, 5.74) is 1.13. The lowest BCUT2D eigenvalue weighted by Gasteiger charge is -2.12. The molecule has 1 aliphatic rings. The second kappa shape index (κ2) is 5.13. The number of alkyl halides is 2. The number of carbonyl (C=O) groups is 1. The first-order valence-corrected chi connectivity index (χ1v) is 6.24. The monoisotopic (exact) mass is 330 g/mol. The Hall–Kier alpha value is -1.68. The smallest absolute Gasteiger partial charge is 0.377 e. The third kappa shape index (κ3) is 3.01. The van der Waals surface area contributed by atoms with Gasteiger partial charge in [-0.15, -0.1) is 0 Å². The molecule has 1 N–H and O–H groups in total. The fourth-order valence-electron chi connectivity index (χ4n) is 1.71. The molecule has 0 amide bonds. The van der Waals surface area contributed by atoms with Gasteiger partial charge in [-0.2, -0.15) is 14.0 Å². The van der Waals surface area contributed by atoms with Crippen molar-refractivity contribution in [2.45, 2.75) is 18.4 Å². The van der Waals surface area contributed by atoms with Crippen LogP contribution in [-0.4, -0.2) is 24.5 Å². The number of carbonyl (C=O) groups excluding carboxylic acids is 1. The van der Waals surface area contributed by atoms with Gasteiger partial charge in [0.2, 0.25) is 0 Å². The summed E-state index contributed by atoms with van der Waals surface area (Å²) in [5, 5.41) is 11.6. The van der Waals surface area contributed by atoms with E-state index in [2.05, 4.69) is 26.0 Å². The van der Waals surface area contributed by atoms with Crippen LogP contribution in [0.25, 0.3) is 0 Å². The average molecular weight is 331 g/mol. The Labute approximate surface area is 116 Å². The molecule has 7 heteroatoms. The van der Waals surface area contributed by atoms with Crippen molar-refractivity contribution in [3.8, 4) is 6.07 Å². The van der Waals surface area contributed by atoms with Gasteiger partial charge in [0, 0.05) is 10.2 Å². The highest BCUT2D eigenvalue weighted by atomic mass is 79.9. The van der Waals surface area contributed by atoms with Crippen LogP contribution in [0.2, 0.25) is 0 Å². The topological polar surface area (TPSA) is 62.1 Å². The second-order valence-electron chi connectivity index (χ2n) is 4.12. The molecule has 1 fully saturated rings. The van der Waals surface area contributed by atoms with E-state index in [1.165, 1.54) is 0 Å². The summed E-state index contributed by atoms with van der Waals surface area (Å²) >= 11 is 3.26. The highest BCUT2D eigenvalue weighted by molar-refractivity contribution is 9.10. The fourth-order valence-corrected chi connectivity index (χ4v) is 2.23. The third-order valence-corrected chi connectivity index (χ3v) is 3.33. The lowest BCUT2D eigenvalue weighted by Crippen LogP contribution is -2.22. The summed E-state index contributed by atoms with van der Waals surface area (Å²) in [5.74, 6) is -4.87. The number of nitrogens with one attached hydrogen (secondary N) is 1. The minimum absolute atomic E-state index is 0.0891. The molecule has 100 valence electrons. The maximum absolute atomic E-state index is 12.9. The van der Waals surface area contributed by atoms with E-state index in [1.54, 1.807) is 18.2 Å². The molecule has 1 heterocycles. The zero-order valence-electron chi connectivity index (χ0n) is 9.62. The highest BCUT2D eigenvalue weighted by Gasteiger charge is 2.50. The molecule has 0 saturated carbocycles. The Morgan fingerprint density at radius 1 is 1.58 bits per heavy atom. The van der Waals surface area contributed by atoms with Gasteiger partial charge in [-0.3, -0.25) is 0 Å². The van der Waals surface area contributed by atoms with Gasteiger partial charge in [-0.05, 0) is 34.1 Å². The number of ether oxygens (including phenoxy) is 1. The SMILES string of the molecule is N#Cc1ccc(NCC2CC(F)(F)C(=O)O2)c(Br)c1. The molecule has 1 aliphatic heterocycles. The molecule has 1 atom stereocenters. The lowest BCUT2D eigenvalue weighted by atomic mass is 10.2. The van der Waals surface area contributed by atoms with Gasteiger partial charge >= 0.3 is 11.9 Å². The van der Waals surface area contributed by atoms with Crippen LogP contribution < -0.4 is 5.32 Å². The number of benzene rings is 1. The number of nitrogens with zero attached hydrogens (tertiary/aromatic N) is 1. The molecular formula is C12H9BrF2N2O2. The minimum atomic E-state index is -3.39. The summed E-state index contributed by atoms with van der Waals surface area (Å²) in [6, 6.07) is 6.84. The lowest BCUT2D eigenvalue weighted by molar-refractivity contribution is -0.158. The van der Waals surface area contributed by atoms with Gasteiger partial charge in [0.25, 0.3) is 0 Å². The molecule has 1 unspecified atom stereocenters. The molecule has 0 aromatic heterocycles. The molecular weight excluding hydrogens is 322 g/mol. The Balaban J connectivity index is 1.97. The number of anilines is 1. The van der Waals surface area contributed by atoms with E-state index in [0.717, 1.165) is 0 Å². The Morgan fingerprint density at radius 3 is 2.84 bits per heavy atom. The van der Waals surface area contributed by atoms with Crippen molar-refractivity contribution in [1.82, 2.24) is 0 Å². The fraction of sp³-hybridized carbons (Fsp3) is 0.333. The first kappa shape index (κ1) is 13.7. The number of hydrogen-bond acceptors (Lipinski definition) is 4. The first-order chi connectivity index (χ1) is 8.92. The molecule has 1 aromatic carbocycles. The van der Waals surface area contributed by atoms with E-state index in [-0.39, 0.29) is 6.54 Å². The van der Waals surface area contributed by atoms with Crippen LogP contribution in [0.15, 0.2) is 22.7 Å². The molecule has 0 bridgehead atoms. The standard InChI is InChI=1S/C12H9BrF2N2O2/c13-9-3-7(5-16)1-2-10(9)17-6-8-4-12(14,15)11(18)19-8/h1-3,8,17H,4,6H2. The highest BCUT2D eigenvalue weighted by Crippen LogP contribution is 2.31. The number of hydrogen-bond donors (Lipinski definition) is 1. The number of nitriles is 1. The summed E-state index contributed by atoms with van der Waals surface area (Å²) in [7, 11) is 0. The molecule has 1 saturated heterocycles. The predicted octanol–water partition coefficient (Wildman–Crippen LogP) is 2.68. The van der Waals surface area contributed by atoms with Crippen molar-refractivity contribution in [2.75, 3.05) is 11.9 Å². The van der Waals surface area contributed by atoms with E-state index < -0.39 is 24.4 Å². The number of rotatable bonds is 3. The van der Waals surface area contributed by atoms with E-state index in [9.17, 15) is 13.6 Å². The van der Waals surface area contributed by atoms with Crippen LogP contribution in [0.1, 0.15) is 12.0 Å². The predicted molar refractivity (Wildman–Crippen MR) is 66.8 cm³/mol. The van der Waals surface area contributed by atoms with E-state index >= 15 is 0 Å². The first-order valence-electron chi connectivity index (χ1n) is 5.45. The van der Waals surface area contributed by atoms with E-state index in [4.69, 9.17) is 5.26 Å². The molecule has 0 spiro atoms. The molecule has 19 heavy (non-hydrogen) atoms. The van der Waals surface area contributed by atoms with E-state index in [1.807, 2.05) is 6.07 Å². The normalized spacial score (nSPS) is 20.7. The summed E-state index contributed by atoms with van der Waals surface area (Å²) in [6.07, 6.45) is -1.47. The second-order valence-corrected chi connectivity index (χ2v) is 4.98. The van der Waals surface area contributed by atoms with Gasteiger partial charge < -0.3 is 10.1 Å². The maximum Gasteiger partial charge on any atom is 0.377 e. The van der Waals surface area contributed by atoms with Crippen LogP contribution in [-0.2, 0) is 9.53 Å². The van der Waals surface area contributed by atoms with Crippen LogP contribution in [0.3, 0.4) is 0 Å². The van der Waals surface area contributed by atoms with Crippen molar-refractivity contribution in [3.63, 3.8) is 0 Å². The van der Waals surface area contributed by atoms with Gasteiger partial charge in [0.15, 0.2) is 0 Å². The third-order valence-electron chi connectivity index (χ3n) is 2.67. The molecule has 1 aromatic rings. The maximum atomic E-state index is 12.9. The van der Waals surface area contributed by atoms with Gasteiger partial charge in [0.05, 0.1) is 24.6 Å². The number of halogens is 3. The van der Waals surface area contributed by atoms with Gasteiger partial charge in [0.1, 0.15) is 6.10 Å². The molecule has 2 rings (SSSR count). The van der Waals surface area contributed by atoms with Crippen LogP contribution >= 0.6 is 15.9 Å². The zero-order valence-corrected chi connectivity index (χ0v) is 11.2.